The van der Waals surface area contributed by atoms with E-state index in [4.69, 9.17) is 5.73 Å². The largest absolute Gasteiger partial charge is 0.370 e. The number of nitrogens with two attached hydrogens (primary N) is 1. The Balaban J connectivity index is 1.85. The van der Waals surface area contributed by atoms with E-state index in [-0.39, 0.29) is 6.04 Å². The third-order valence-electron chi connectivity index (χ3n) is 4.57. The van der Waals surface area contributed by atoms with Crippen LogP contribution in [0.1, 0.15) is 37.8 Å². The highest BCUT2D eigenvalue weighted by atomic mass is 15.3. The average Bonchev–Trinajstić information content (AvgIpc) is 2.76. The molecular formula is C16H25N3. The van der Waals surface area contributed by atoms with Crippen LogP contribution in [0.15, 0.2) is 24.3 Å². The molecule has 2 fully saturated rings. The van der Waals surface area contributed by atoms with Crippen LogP contribution in [0.2, 0.25) is 0 Å². The summed E-state index contributed by atoms with van der Waals surface area (Å²) in [4.78, 5) is 5.24. The predicted molar refractivity (Wildman–Crippen MR) is 80.5 cm³/mol. The molecule has 0 bridgehead atoms. The molecule has 1 unspecified atom stereocenters. The highest BCUT2D eigenvalue weighted by Gasteiger charge is 2.29. The van der Waals surface area contributed by atoms with Crippen LogP contribution in [0.4, 0.5) is 5.69 Å². The summed E-state index contributed by atoms with van der Waals surface area (Å²) >= 11 is 0. The molecular weight excluding hydrogens is 234 g/mol. The lowest BCUT2D eigenvalue weighted by molar-refractivity contribution is 0.273. The van der Waals surface area contributed by atoms with E-state index in [1.807, 2.05) is 0 Å². The first kappa shape index (κ1) is 12.9. The molecule has 2 atom stereocenters. The Bertz CT molecular complexity index is 430. The van der Waals surface area contributed by atoms with Gasteiger partial charge in [0.15, 0.2) is 0 Å². The molecule has 2 saturated heterocycles. The van der Waals surface area contributed by atoms with Crippen molar-refractivity contribution >= 4 is 5.69 Å². The number of benzene rings is 1. The smallest absolute Gasteiger partial charge is 0.0415 e. The van der Waals surface area contributed by atoms with E-state index in [9.17, 15) is 0 Å². The molecule has 0 amide bonds. The van der Waals surface area contributed by atoms with Crippen LogP contribution in [0.25, 0.3) is 0 Å². The second-order valence-corrected chi connectivity index (χ2v) is 5.98. The first-order valence-corrected chi connectivity index (χ1v) is 7.59. The second kappa shape index (κ2) is 5.51. The molecule has 3 rings (SSSR count). The van der Waals surface area contributed by atoms with Gasteiger partial charge in [-0.2, -0.15) is 0 Å². The summed E-state index contributed by atoms with van der Waals surface area (Å²) in [6, 6.07) is 9.52. The molecule has 1 aromatic rings. The molecule has 0 spiro atoms. The van der Waals surface area contributed by atoms with Gasteiger partial charge in [0, 0.05) is 37.4 Å². The Hall–Kier alpha value is -1.06. The van der Waals surface area contributed by atoms with Gasteiger partial charge in [0.1, 0.15) is 0 Å². The monoisotopic (exact) mass is 259 g/mol. The third kappa shape index (κ3) is 2.63. The molecule has 0 radical (unpaired) electrons. The van der Waals surface area contributed by atoms with Gasteiger partial charge >= 0.3 is 0 Å². The van der Waals surface area contributed by atoms with Crippen molar-refractivity contribution in [2.45, 2.75) is 38.3 Å². The summed E-state index contributed by atoms with van der Waals surface area (Å²) in [5, 5.41) is 0. The minimum absolute atomic E-state index is 0.110. The summed E-state index contributed by atoms with van der Waals surface area (Å²) in [5.74, 6) is 0. The summed E-state index contributed by atoms with van der Waals surface area (Å²) in [6.45, 7) is 6.98. The van der Waals surface area contributed by atoms with Gasteiger partial charge in [0.05, 0.1) is 0 Å². The Labute approximate surface area is 116 Å². The number of hydrogen-bond donors (Lipinski definition) is 1. The number of para-hydroxylation sites is 1. The molecule has 2 heterocycles. The fraction of sp³-hybridized carbons (Fsp3) is 0.625. The molecule has 0 aromatic heterocycles. The Morgan fingerprint density at radius 3 is 2.79 bits per heavy atom. The normalized spacial score (nSPS) is 26.0. The molecule has 2 aliphatic rings. The highest BCUT2D eigenvalue weighted by Crippen LogP contribution is 2.29. The Morgan fingerprint density at radius 1 is 1.16 bits per heavy atom. The van der Waals surface area contributed by atoms with Crippen molar-refractivity contribution in [2.24, 2.45) is 5.73 Å². The van der Waals surface area contributed by atoms with Crippen molar-refractivity contribution in [3.8, 4) is 0 Å². The lowest BCUT2D eigenvalue weighted by Crippen LogP contribution is -2.37. The SMILES string of the molecule is C[C@H](N)c1ccccc1N1CCCN2CCCC2C1. The molecule has 1 aromatic carbocycles. The van der Waals surface area contributed by atoms with Crippen molar-refractivity contribution in [3.63, 3.8) is 0 Å². The van der Waals surface area contributed by atoms with E-state index < -0.39 is 0 Å². The number of fused-ring (bicyclic) bond motifs is 1. The number of hydrogen-bond acceptors (Lipinski definition) is 3. The van der Waals surface area contributed by atoms with Crippen molar-refractivity contribution in [2.75, 3.05) is 31.1 Å². The van der Waals surface area contributed by atoms with Gasteiger partial charge in [-0.3, -0.25) is 4.90 Å². The highest BCUT2D eigenvalue weighted by molar-refractivity contribution is 5.55. The van der Waals surface area contributed by atoms with Crippen LogP contribution in [-0.2, 0) is 0 Å². The molecule has 0 saturated carbocycles. The van der Waals surface area contributed by atoms with Crippen LogP contribution in [-0.4, -0.2) is 37.1 Å². The van der Waals surface area contributed by atoms with Gasteiger partial charge in [0.2, 0.25) is 0 Å². The molecule has 0 aliphatic carbocycles. The lowest BCUT2D eigenvalue weighted by atomic mass is 10.1. The predicted octanol–water partition coefficient (Wildman–Crippen LogP) is 2.38. The molecule has 2 aliphatic heterocycles. The first-order chi connectivity index (χ1) is 9.25. The quantitative estimate of drug-likeness (QED) is 0.885. The zero-order chi connectivity index (χ0) is 13.2. The maximum Gasteiger partial charge on any atom is 0.0415 e. The minimum Gasteiger partial charge on any atom is -0.370 e. The summed E-state index contributed by atoms with van der Waals surface area (Å²) in [5.41, 5.74) is 8.77. The second-order valence-electron chi connectivity index (χ2n) is 5.98. The average molecular weight is 259 g/mol. The van der Waals surface area contributed by atoms with Crippen molar-refractivity contribution in [1.29, 1.82) is 0 Å². The van der Waals surface area contributed by atoms with E-state index in [0.717, 1.165) is 12.6 Å². The molecule has 3 nitrogen and oxygen atoms in total. The molecule has 104 valence electrons. The van der Waals surface area contributed by atoms with Crippen molar-refractivity contribution in [3.05, 3.63) is 29.8 Å². The lowest BCUT2D eigenvalue weighted by Gasteiger charge is -2.29. The van der Waals surface area contributed by atoms with E-state index in [2.05, 4.69) is 41.0 Å². The van der Waals surface area contributed by atoms with Crippen LogP contribution >= 0.6 is 0 Å². The summed E-state index contributed by atoms with van der Waals surface area (Å²) in [6.07, 6.45) is 3.99. The number of nitrogens with zero attached hydrogens (tertiary/aromatic N) is 2. The van der Waals surface area contributed by atoms with E-state index in [1.54, 1.807) is 0 Å². The van der Waals surface area contributed by atoms with Crippen LogP contribution in [0.5, 0.6) is 0 Å². The number of rotatable bonds is 2. The maximum atomic E-state index is 6.13. The van der Waals surface area contributed by atoms with Crippen LogP contribution in [0.3, 0.4) is 0 Å². The Kier molecular flexibility index (Phi) is 3.76. The zero-order valence-electron chi connectivity index (χ0n) is 11.9. The fourth-order valence-electron chi connectivity index (χ4n) is 3.59. The Morgan fingerprint density at radius 2 is 1.95 bits per heavy atom. The van der Waals surface area contributed by atoms with E-state index >= 15 is 0 Å². The van der Waals surface area contributed by atoms with Gasteiger partial charge in [-0.25, -0.2) is 0 Å². The zero-order valence-corrected chi connectivity index (χ0v) is 11.9. The summed E-state index contributed by atoms with van der Waals surface area (Å²) < 4.78 is 0. The summed E-state index contributed by atoms with van der Waals surface area (Å²) in [7, 11) is 0. The maximum absolute atomic E-state index is 6.13. The van der Waals surface area contributed by atoms with Gasteiger partial charge in [0.25, 0.3) is 0 Å². The van der Waals surface area contributed by atoms with Gasteiger partial charge in [-0.05, 0) is 44.4 Å². The van der Waals surface area contributed by atoms with Gasteiger partial charge in [-0.1, -0.05) is 18.2 Å². The number of anilines is 1. The van der Waals surface area contributed by atoms with Gasteiger partial charge in [-0.15, -0.1) is 0 Å². The standard InChI is InChI=1S/C16H25N3/c1-13(17)15-7-2-3-8-16(15)19-11-5-10-18-9-4-6-14(18)12-19/h2-3,7-8,13-14H,4-6,9-12,17H2,1H3/t13-,14?/m0/s1. The molecule has 19 heavy (non-hydrogen) atoms. The van der Waals surface area contributed by atoms with Crippen LogP contribution in [0, 0.1) is 0 Å². The minimum atomic E-state index is 0.110. The molecule has 2 N–H and O–H groups in total. The fourth-order valence-corrected chi connectivity index (χ4v) is 3.59. The third-order valence-corrected chi connectivity index (χ3v) is 4.57. The molecule has 3 heteroatoms. The van der Waals surface area contributed by atoms with E-state index in [1.165, 1.54) is 50.1 Å². The first-order valence-electron chi connectivity index (χ1n) is 7.59. The van der Waals surface area contributed by atoms with Crippen molar-refractivity contribution < 1.29 is 0 Å². The van der Waals surface area contributed by atoms with Gasteiger partial charge < -0.3 is 10.6 Å². The van der Waals surface area contributed by atoms with Crippen molar-refractivity contribution in [1.82, 2.24) is 4.90 Å². The topological polar surface area (TPSA) is 32.5 Å². The van der Waals surface area contributed by atoms with E-state index in [0.29, 0.717) is 0 Å². The van der Waals surface area contributed by atoms with Crippen LogP contribution < -0.4 is 10.6 Å².